The highest BCUT2D eigenvalue weighted by Gasteiger charge is 2.14. The van der Waals surface area contributed by atoms with Crippen molar-refractivity contribution in [2.24, 2.45) is 0 Å². The third-order valence-corrected chi connectivity index (χ3v) is 3.40. The van der Waals surface area contributed by atoms with Gasteiger partial charge in [0.15, 0.2) is 5.11 Å². The predicted molar refractivity (Wildman–Crippen MR) is 97.8 cm³/mol. The number of hydrogen-bond acceptors (Lipinski definition) is 5. The molecule has 1 aromatic rings. The van der Waals surface area contributed by atoms with Crippen molar-refractivity contribution >= 4 is 45.1 Å². The molecule has 0 saturated heterocycles. The smallest absolute Gasteiger partial charge is 0.261 e. The van der Waals surface area contributed by atoms with Gasteiger partial charge in [0.05, 0.1) is 25.2 Å². The van der Waals surface area contributed by atoms with Gasteiger partial charge in [0.25, 0.3) is 5.91 Å². The molecule has 0 saturated carbocycles. The van der Waals surface area contributed by atoms with Crippen LogP contribution in [-0.2, 0) is 9.53 Å². The highest BCUT2D eigenvalue weighted by Crippen LogP contribution is 2.23. The summed E-state index contributed by atoms with van der Waals surface area (Å²) in [4.78, 5) is 23.8. The summed E-state index contributed by atoms with van der Waals surface area (Å²) < 4.78 is 11.2. The monoisotopic (exact) mass is 417 g/mol. The molecule has 1 aromatic carbocycles. The summed E-state index contributed by atoms with van der Waals surface area (Å²) in [6, 6.07) is 5.09. The first-order chi connectivity index (χ1) is 11.5. The molecule has 7 nitrogen and oxygen atoms in total. The lowest BCUT2D eigenvalue weighted by molar-refractivity contribution is -0.122. The van der Waals surface area contributed by atoms with Gasteiger partial charge in [-0.2, -0.15) is 0 Å². The van der Waals surface area contributed by atoms with Crippen LogP contribution in [0.4, 0.5) is 0 Å². The quantitative estimate of drug-likeness (QED) is 0.356. The van der Waals surface area contributed by atoms with Crippen molar-refractivity contribution in [3.05, 3.63) is 28.2 Å². The molecule has 0 aliphatic carbocycles. The van der Waals surface area contributed by atoms with E-state index in [1.54, 1.807) is 18.2 Å². The topological polar surface area (TPSA) is 88.7 Å². The van der Waals surface area contributed by atoms with Gasteiger partial charge in [-0.3, -0.25) is 25.8 Å². The van der Waals surface area contributed by atoms with Gasteiger partial charge >= 0.3 is 0 Å². The fourth-order valence-corrected chi connectivity index (χ4v) is 2.17. The zero-order valence-electron chi connectivity index (χ0n) is 13.5. The van der Waals surface area contributed by atoms with Crippen molar-refractivity contribution in [1.82, 2.24) is 16.2 Å². The maximum atomic E-state index is 12.3. The summed E-state index contributed by atoms with van der Waals surface area (Å²) in [7, 11) is 0. The number of hydrogen-bond donors (Lipinski definition) is 3. The Bertz CT molecular complexity index is 598. The van der Waals surface area contributed by atoms with Crippen LogP contribution in [0.3, 0.4) is 0 Å². The van der Waals surface area contributed by atoms with Crippen LogP contribution >= 0.6 is 28.1 Å². The van der Waals surface area contributed by atoms with E-state index in [1.165, 1.54) is 0 Å². The molecule has 1 rings (SSSR count). The van der Waals surface area contributed by atoms with Crippen LogP contribution in [0.5, 0.6) is 5.75 Å². The molecule has 0 spiro atoms. The average molecular weight is 418 g/mol. The van der Waals surface area contributed by atoms with Crippen LogP contribution in [0.1, 0.15) is 30.6 Å². The zero-order valence-corrected chi connectivity index (χ0v) is 15.9. The standard InChI is InChI=1S/C15H20BrN3O4S/c1-3-22-8-7-13(20)18-19-15(24)17-14(21)11-9-10(16)5-6-12(11)23-4-2/h5-6,9H,3-4,7-8H2,1-2H3,(H,18,20)(H2,17,19,21,24). The molecule has 24 heavy (non-hydrogen) atoms. The van der Waals surface area contributed by atoms with Crippen molar-refractivity contribution in [3.63, 3.8) is 0 Å². The Morgan fingerprint density at radius 3 is 2.62 bits per heavy atom. The second-order valence-electron chi connectivity index (χ2n) is 4.48. The van der Waals surface area contributed by atoms with Crippen LogP contribution in [-0.4, -0.2) is 36.7 Å². The number of benzene rings is 1. The van der Waals surface area contributed by atoms with E-state index in [4.69, 9.17) is 21.7 Å². The Kier molecular flexibility index (Phi) is 9.28. The first kappa shape index (κ1) is 20.3. The second kappa shape index (κ2) is 11.0. The van der Waals surface area contributed by atoms with Crippen molar-refractivity contribution in [2.75, 3.05) is 19.8 Å². The zero-order chi connectivity index (χ0) is 17.9. The largest absolute Gasteiger partial charge is 0.493 e. The summed E-state index contributed by atoms with van der Waals surface area (Å²) in [6.07, 6.45) is 0.192. The molecular weight excluding hydrogens is 398 g/mol. The van der Waals surface area contributed by atoms with Gasteiger partial charge in [-0.05, 0) is 44.3 Å². The van der Waals surface area contributed by atoms with Crippen LogP contribution < -0.4 is 20.9 Å². The molecule has 0 heterocycles. The number of amides is 2. The Balaban J connectivity index is 2.54. The minimum absolute atomic E-state index is 0.0211. The van der Waals surface area contributed by atoms with Gasteiger partial charge in [-0.25, -0.2) is 0 Å². The maximum absolute atomic E-state index is 12.3. The van der Waals surface area contributed by atoms with Crippen molar-refractivity contribution in [2.45, 2.75) is 20.3 Å². The fourth-order valence-electron chi connectivity index (χ4n) is 1.66. The van der Waals surface area contributed by atoms with E-state index >= 15 is 0 Å². The van der Waals surface area contributed by atoms with Crippen molar-refractivity contribution in [3.8, 4) is 5.75 Å². The molecule has 0 radical (unpaired) electrons. The lowest BCUT2D eigenvalue weighted by atomic mass is 10.2. The number of carbonyl (C=O) groups is 2. The van der Waals surface area contributed by atoms with E-state index in [0.29, 0.717) is 31.1 Å². The number of carbonyl (C=O) groups excluding carboxylic acids is 2. The van der Waals surface area contributed by atoms with Crippen LogP contribution in [0.2, 0.25) is 0 Å². The Morgan fingerprint density at radius 1 is 1.21 bits per heavy atom. The van der Waals surface area contributed by atoms with Crippen LogP contribution in [0.15, 0.2) is 22.7 Å². The van der Waals surface area contributed by atoms with E-state index in [1.807, 2.05) is 13.8 Å². The van der Waals surface area contributed by atoms with Gasteiger partial charge in [0.1, 0.15) is 5.75 Å². The van der Waals surface area contributed by atoms with Gasteiger partial charge in [0, 0.05) is 11.1 Å². The van der Waals surface area contributed by atoms with E-state index in [0.717, 1.165) is 4.47 Å². The molecule has 3 N–H and O–H groups in total. The molecule has 0 aliphatic heterocycles. The maximum Gasteiger partial charge on any atom is 0.261 e. The van der Waals surface area contributed by atoms with E-state index < -0.39 is 5.91 Å². The lowest BCUT2D eigenvalue weighted by Crippen LogP contribution is -2.48. The number of thiocarbonyl (C=S) groups is 1. The molecule has 132 valence electrons. The molecular formula is C15H20BrN3O4S. The van der Waals surface area contributed by atoms with Crippen molar-refractivity contribution in [1.29, 1.82) is 0 Å². The lowest BCUT2D eigenvalue weighted by Gasteiger charge is -2.13. The highest BCUT2D eigenvalue weighted by molar-refractivity contribution is 9.10. The number of rotatable bonds is 7. The predicted octanol–water partition coefficient (Wildman–Crippen LogP) is 1.91. The molecule has 9 heteroatoms. The first-order valence-corrected chi connectivity index (χ1v) is 8.58. The SMILES string of the molecule is CCOCCC(=O)NNC(=S)NC(=O)c1cc(Br)ccc1OCC. The van der Waals surface area contributed by atoms with Crippen molar-refractivity contribution < 1.29 is 19.1 Å². The molecule has 0 aliphatic rings. The summed E-state index contributed by atoms with van der Waals surface area (Å²) >= 11 is 8.29. The summed E-state index contributed by atoms with van der Waals surface area (Å²) in [5.74, 6) is -0.292. The van der Waals surface area contributed by atoms with Gasteiger partial charge in [0.2, 0.25) is 5.91 Å². The highest BCUT2D eigenvalue weighted by atomic mass is 79.9. The Labute approximate surface area is 154 Å². The van der Waals surface area contributed by atoms with Crippen LogP contribution in [0.25, 0.3) is 0 Å². The number of halogens is 1. The van der Waals surface area contributed by atoms with Gasteiger partial charge in [-0.15, -0.1) is 0 Å². The van der Waals surface area contributed by atoms with E-state index in [-0.39, 0.29) is 17.4 Å². The van der Waals surface area contributed by atoms with E-state index in [9.17, 15) is 9.59 Å². The van der Waals surface area contributed by atoms with E-state index in [2.05, 4.69) is 32.1 Å². The minimum Gasteiger partial charge on any atom is -0.493 e. The third kappa shape index (κ3) is 7.24. The Hall–Kier alpha value is -1.71. The molecule has 0 fully saturated rings. The normalized spacial score (nSPS) is 9.96. The average Bonchev–Trinajstić information content (AvgIpc) is 2.55. The molecule has 0 bridgehead atoms. The van der Waals surface area contributed by atoms with Crippen LogP contribution in [0, 0.1) is 0 Å². The molecule has 0 aromatic heterocycles. The summed E-state index contributed by atoms with van der Waals surface area (Å²) in [5, 5.41) is 2.46. The minimum atomic E-state index is -0.444. The summed E-state index contributed by atoms with van der Waals surface area (Å²) in [5.41, 5.74) is 5.18. The van der Waals surface area contributed by atoms with Gasteiger partial charge in [-0.1, -0.05) is 15.9 Å². The number of ether oxygens (including phenoxy) is 2. The first-order valence-electron chi connectivity index (χ1n) is 7.38. The molecule has 0 atom stereocenters. The Morgan fingerprint density at radius 2 is 1.96 bits per heavy atom. The van der Waals surface area contributed by atoms with Gasteiger partial charge < -0.3 is 9.47 Å². The summed E-state index contributed by atoms with van der Waals surface area (Å²) in [6.45, 7) is 4.97. The molecule has 0 unspecified atom stereocenters. The number of hydrazine groups is 1. The third-order valence-electron chi connectivity index (χ3n) is 2.71. The second-order valence-corrected chi connectivity index (χ2v) is 5.80. The fraction of sp³-hybridized carbons (Fsp3) is 0.400. The number of nitrogens with one attached hydrogen (secondary N) is 3. The molecule has 2 amide bonds.